The second-order valence-corrected chi connectivity index (χ2v) is 8.68. The average molecular weight is 432 g/mol. The summed E-state index contributed by atoms with van der Waals surface area (Å²) in [5.41, 5.74) is 5.84. The molecule has 1 atom stereocenters. The van der Waals surface area contributed by atoms with Crippen molar-refractivity contribution in [2.45, 2.75) is 26.7 Å². The number of aromatic amines is 1. The van der Waals surface area contributed by atoms with Crippen LogP contribution >= 0.6 is 0 Å². The fourth-order valence-electron chi connectivity index (χ4n) is 4.30. The quantitative estimate of drug-likeness (QED) is 0.598. The predicted octanol–water partition coefficient (Wildman–Crippen LogP) is 3.74. The molecule has 2 heterocycles. The smallest absolute Gasteiger partial charge is 0.228 e. The topological polar surface area (TPSA) is 64.3 Å². The monoisotopic (exact) mass is 431 g/mol. The molecule has 1 saturated heterocycles. The van der Waals surface area contributed by atoms with Crippen LogP contribution in [0.3, 0.4) is 0 Å². The minimum atomic E-state index is -0.263. The molecule has 1 aromatic heterocycles. The number of carbonyl (C=O) groups is 1. The predicted molar refractivity (Wildman–Crippen MR) is 130 cm³/mol. The molecule has 1 fully saturated rings. The van der Waals surface area contributed by atoms with Crippen LogP contribution in [0.25, 0.3) is 11.4 Å². The molecule has 6 heteroatoms. The molecule has 0 saturated carbocycles. The molecule has 0 radical (unpaired) electrons. The number of anilines is 1. The maximum atomic E-state index is 12.6. The van der Waals surface area contributed by atoms with Gasteiger partial charge < -0.3 is 15.2 Å². The van der Waals surface area contributed by atoms with Gasteiger partial charge in [-0.25, -0.2) is 4.98 Å². The third-order valence-electron chi connectivity index (χ3n) is 6.30. The summed E-state index contributed by atoms with van der Waals surface area (Å²) < 4.78 is 0. The van der Waals surface area contributed by atoms with Gasteiger partial charge >= 0.3 is 0 Å². The second kappa shape index (κ2) is 10.0. The number of amides is 1. The number of aromatic nitrogens is 2. The highest BCUT2D eigenvalue weighted by atomic mass is 16.1. The molecule has 0 spiro atoms. The number of hydrogen-bond donors (Lipinski definition) is 2. The van der Waals surface area contributed by atoms with Gasteiger partial charge in [-0.2, -0.15) is 0 Å². The van der Waals surface area contributed by atoms with Gasteiger partial charge in [0.25, 0.3) is 0 Å². The summed E-state index contributed by atoms with van der Waals surface area (Å²) in [6, 6.07) is 16.6. The van der Waals surface area contributed by atoms with Crippen LogP contribution in [0.5, 0.6) is 0 Å². The van der Waals surface area contributed by atoms with Gasteiger partial charge in [0.2, 0.25) is 5.91 Å². The van der Waals surface area contributed by atoms with Gasteiger partial charge in [-0.1, -0.05) is 48.0 Å². The first-order chi connectivity index (χ1) is 15.5. The lowest BCUT2D eigenvalue weighted by atomic mass is 10.1. The number of hydrogen-bond acceptors (Lipinski definition) is 4. The molecule has 1 aliphatic heterocycles. The number of nitrogens with one attached hydrogen (secondary N) is 2. The van der Waals surface area contributed by atoms with E-state index in [1.54, 1.807) is 6.20 Å². The summed E-state index contributed by atoms with van der Waals surface area (Å²) in [4.78, 5) is 25.3. The Balaban J connectivity index is 1.22. The molecule has 2 aromatic carbocycles. The molecule has 4 rings (SSSR count). The van der Waals surface area contributed by atoms with E-state index in [2.05, 4.69) is 57.1 Å². The Morgan fingerprint density at radius 2 is 1.84 bits per heavy atom. The van der Waals surface area contributed by atoms with Gasteiger partial charge in [-0.15, -0.1) is 0 Å². The van der Waals surface area contributed by atoms with Crippen LogP contribution in [0, 0.1) is 13.8 Å². The third-order valence-corrected chi connectivity index (χ3v) is 6.30. The van der Waals surface area contributed by atoms with Crippen molar-refractivity contribution in [2.24, 2.45) is 0 Å². The number of nitrogens with zero attached hydrogens (tertiary/aromatic N) is 3. The number of carbonyl (C=O) groups excluding carboxylic acids is 1. The molecule has 2 N–H and O–H groups in total. The van der Waals surface area contributed by atoms with E-state index >= 15 is 0 Å². The van der Waals surface area contributed by atoms with Crippen molar-refractivity contribution in [2.75, 3.05) is 44.2 Å². The number of benzene rings is 2. The molecule has 3 aromatic rings. The summed E-state index contributed by atoms with van der Waals surface area (Å²) >= 11 is 0. The highest BCUT2D eigenvalue weighted by molar-refractivity contribution is 5.82. The lowest BCUT2D eigenvalue weighted by molar-refractivity contribution is -0.122. The first-order valence-corrected chi connectivity index (χ1v) is 11.4. The maximum absolute atomic E-state index is 12.6. The molecular formula is C26H33N5O. The molecule has 1 unspecified atom stereocenters. The zero-order chi connectivity index (χ0) is 22.5. The molecular weight excluding hydrogens is 398 g/mol. The Kier molecular flexibility index (Phi) is 6.90. The van der Waals surface area contributed by atoms with Crippen molar-refractivity contribution in [3.63, 3.8) is 0 Å². The molecule has 0 aliphatic carbocycles. The van der Waals surface area contributed by atoms with Crippen LogP contribution < -0.4 is 10.2 Å². The van der Waals surface area contributed by atoms with Crippen molar-refractivity contribution < 1.29 is 4.79 Å². The molecule has 0 bridgehead atoms. The van der Waals surface area contributed by atoms with Crippen LogP contribution in [0.2, 0.25) is 0 Å². The molecule has 32 heavy (non-hydrogen) atoms. The molecule has 168 valence electrons. The average Bonchev–Trinajstić information content (AvgIpc) is 3.30. The van der Waals surface area contributed by atoms with E-state index in [-0.39, 0.29) is 11.8 Å². The lowest BCUT2D eigenvalue weighted by Crippen LogP contribution is -2.48. The zero-order valence-corrected chi connectivity index (χ0v) is 19.3. The Labute approximate surface area is 190 Å². The number of H-pyrrole nitrogens is 1. The molecule has 1 aliphatic rings. The Morgan fingerprint density at radius 3 is 2.56 bits per heavy atom. The van der Waals surface area contributed by atoms with Gasteiger partial charge in [-0.3, -0.25) is 9.69 Å². The number of piperazine rings is 1. The van der Waals surface area contributed by atoms with E-state index in [1.165, 1.54) is 16.8 Å². The van der Waals surface area contributed by atoms with E-state index in [0.29, 0.717) is 6.54 Å². The summed E-state index contributed by atoms with van der Waals surface area (Å²) in [6.45, 7) is 11.8. The van der Waals surface area contributed by atoms with Crippen molar-refractivity contribution in [1.29, 1.82) is 0 Å². The summed E-state index contributed by atoms with van der Waals surface area (Å²) in [5, 5.41) is 3.09. The minimum absolute atomic E-state index is 0.0298. The fourth-order valence-corrected chi connectivity index (χ4v) is 4.30. The number of rotatable bonds is 7. The van der Waals surface area contributed by atoms with Gasteiger partial charge in [0, 0.05) is 62.4 Å². The van der Waals surface area contributed by atoms with Crippen molar-refractivity contribution in [3.8, 4) is 11.4 Å². The lowest BCUT2D eigenvalue weighted by Gasteiger charge is -2.37. The van der Waals surface area contributed by atoms with Crippen molar-refractivity contribution in [3.05, 3.63) is 71.5 Å². The van der Waals surface area contributed by atoms with E-state index in [4.69, 9.17) is 0 Å². The highest BCUT2D eigenvalue weighted by Crippen LogP contribution is 2.22. The number of imidazole rings is 1. The standard InChI is InChI=1S/C26H33N5O/c1-19-9-10-24(20(2)17-19)31-15-13-30(14-16-31)12-11-27-26(32)21(3)23-18-28-25(29-23)22-7-5-4-6-8-22/h4-10,17-18,21H,11-16H2,1-3H3,(H,27,32)(H,28,29). The van der Waals surface area contributed by atoms with E-state index < -0.39 is 0 Å². The number of aryl methyl sites for hydroxylation is 2. The van der Waals surface area contributed by atoms with Gasteiger partial charge in [0.1, 0.15) is 5.82 Å². The van der Waals surface area contributed by atoms with Crippen LogP contribution in [0.15, 0.2) is 54.7 Å². The van der Waals surface area contributed by atoms with Crippen LogP contribution in [0.4, 0.5) is 5.69 Å². The minimum Gasteiger partial charge on any atom is -0.369 e. The largest absolute Gasteiger partial charge is 0.369 e. The Hall–Kier alpha value is -3.12. The summed E-state index contributed by atoms with van der Waals surface area (Å²) in [5.74, 6) is 0.561. The van der Waals surface area contributed by atoms with Crippen molar-refractivity contribution >= 4 is 11.6 Å². The van der Waals surface area contributed by atoms with Gasteiger partial charge in [0.05, 0.1) is 5.92 Å². The first kappa shape index (κ1) is 22.1. The summed E-state index contributed by atoms with van der Waals surface area (Å²) in [6.07, 6.45) is 1.76. The van der Waals surface area contributed by atoms with Crippen LogP contribution in [-0.4, -0.2) is 60.0 Å². The normalized spacial score (nSPS) is 15.5. The Bertz CT molecular complexity index is 1040. The Morgan fingerprint density at radius 1 is 1.09 bits per heavy atom. The van der Waals surface area contributed by atoms with Gasteiger partial charge in [-0.05, 0) is 32.4 Å². The van der Waals surface area contributed by atoms with E-state index in [1.807, 2.05) is 37.3 Å². The second-order valence-electron chi connectivity index (χ2n) is 8.68. The van der Waals surface area contributed by atoms with Crippen LogP contribution in [-0.2, 0) is 4.79 Å². The third kappa shape index (κ3) is 5.19. The SMILES string of the molecule is Cc1ccc(N2CCN(CCNC(=O)C(C)c3cnc(-c4ccccc4)[nH]3)CC2)c(C)c1. The first-order valence-electron chi connectivity index (χ1n) is 11.4. The zero-order valence-electron chi connectivity index (χ0n) is 19.3. The molecule has 1 amide bonds. The van der Waals surface area contributed by atoms with E-state index in [9.17, 15) is 4.79 Å². The van der Waals surface area contributed by atoms with Crippen molar-refractivity contribution in [1.82, 2.24) is 20.2 Å². The summed E-state index contributed by atoms with van der Waals surface area (Å²) in [7, 11) is 0. The molecule has 6 nitrogen and oxygen atoms in total. The van der Waals surface area contributed by atoms with Crippen LogP contribution in [0.1, 0.15) is 29.7 Å². The highest BCUT2D eigenvalue weighted by Gasteiger charge is 2.20. The maximum Gasteiger partial charge on any atom is 0.228 e. The van der Waals surface area contributed by atoms with E-state index in [0.717, 1.165) is 49.8 Å². The van der Waals surface area contributed by atoms with Gasteiger partial charge in [0.15, 0.2) is 0 Å². The fraction of sp³-hybridized carbons (Fsp3) is 0.385.